The molecule has 1 aromatic carbocycles. The fourth-order valence-electron chi connectivity index (χ4n) is 3.66. The maximum atomic E-state index is 12.8. The molecule has 0 spiro atoms. The number of likely N-dealkylation sites (tertiary alicyclic amines) is 1. The van der Waals surface area contributed by atoms with Gasteiger partial charge in [0.15, 0.2) is 5.82 Å². The van der Waals surface area contributed by atoms with Gasteiger partial charge in [0.05, 0.1) is 17.4 Å². The lowest BCUT2D eigenvalue weighted by atomic mass is 10.1. The molecule has 0 bridgehead atoms. The lowest BCUT2D eigenvalue weighted by Crippen LogP contribution is -2.30. The Balaban J connectivity index is 0.00000182. The number of halogens is 1. The molecule has 6 nitrogen and oxygen atoms in total. The van der Waals surface area contributed by atoms with Crippen LogP contribution < -0.4 is 5.56 Å². The van der Waals surface area contributed by atoms with Crippen molar-refractivity contribution in [2.24, 2.45) is 0 Å². The molecule has 1 aliphatic heterocycles. The molecule has 1 saturated heterocycles. The molecule has 0 N–H and O–H groups in total. The quantitative estimate of drug-likeness (QED) is 0.717. The van der Waals surface area contributed by atoms with Crippen LogP contribution in [0.4, 0.5) is 0 Å². The molecule has 3 heterocycles. The summed E-state index contributed by atoms with van der Waals surface area (Å²) in [4.78, 5) is 15.2. The van der Waals surface area contributed by atoms with Crippen molar-refractivity contribution in [1.29, 1.82) is 0 Å². The van der Waals surface area contributed by atoms with E-state index in [0.29, 0.717) is 12.3 Å². The fourth-order valence-corrected chi connectivity index (χ4v) is 3.66. The minimum atomic E-state index is 0. The summed E-state index contributed by atoms with van der Waals surface area (Å²) in [6.07, 6.45) is 4.70. The number of benzene rings is 1. The monoisotopic (exact) mass is 361 g/mol. The first-order chi connectivity index (χ1) is 11.8. The summed E-state index contributed by atoms with van der Waals surface area (Å²) in [5, 5.41) is 9.53. The largest absolute Gasteiger partial charge is 0.296 e. The van der Waals surface area contributed by atoms with Gasteiger partial charge in [0, 0.05) is 6.54 Å². The molecule has 2 aromatic heterocycles. The van der Waals surface area contributed by atoms with Crippen molar-refractivity contribution >= 4 is 29.1 Å². The molecule has 4 rings (SSSR count). The van der Waals surface area contributed by atoms with E-state index in [2.05, 4.69) is 26.4 Å². The number of piperidine rings is 1. The van der Waals surface area contributed by atoms with Gasteiger partial charge in [-0.25, -0.2) is 0 Å². The number of nitrogens with zero attached hydrogens (tertiary/aromatic N) is 5. The Hall–Kier alpha value is -1.92. The van der Waals surface area contributed by atoms with Crippen molar-refractivity contribution in [3.8, 4) is 0 Å². The van der Waals surface area contributed by atoms with Crippen LogP contribution >= 0.6 is 12.4 Å². The van der Waals surface area contributed by atoms with Gasteiger partial charge in [-0.1, -0.05) is 25.5 Å². The molecule has 0 aliphatic carbocycles. The molecule has 1 aliphatic rings. The van der Waals surface area contributed by atoms with Crippen molar-refractivity contribution in [2.75, 3.05) is 13.1 Å². The Morgan fingerprint density at radius 1 is 1.08 bits per heavy atom. The zero-order valence-corrected chi connectivity index (χ0v) is 15.3. The highest BCUT2D eigenvalue weighted by Gasteiger charge is 2.18. The predicted molar refractivity (Wildman–Crippen MR) is 101 cm³/mol. The molecule has 3 aromatic rings. The first-order valence-corrected chi connectivity index (χ1v) is 8.87. The van der Waals surface area contributed by atoms with Gasteiger partial charge in [0.1, 0.15) is 0 Å². The summed E-state index contributed by atoms with van der Waals surface area (Å²) >= 11 is 0. The second-order valence-electron chi connectivity index (χ2n) is 6.56. The van der Waals surface area contributed by atoms with Gasteiger partial charge in [-0.2, -0.15) is 0 Å². The molecule has 7 heteroatoms. The third-order valence-corrected chi connectivity index (χ3v) is 4.84. The van der Waals surface area contributed by atoms with Gasteiger partial charge >= 0.3 is 0 Å². The highest BCUT2D eigenvalue weighted by atomic mass is 35.5. The summed E-state index contributed by atoms with van der Waals surface area (Å²) < 4.78 is 3.83. The standard InChI is InChI=1S/C18H23N5O.ClH/c1-2-10-22-17(24)14-8-4-5-9-15(14)23-16(19-20-18(22)23)13-21-11-6-3-7-12-21;/h4-5,8-9H,2-3,6-7,10-13H2,1H3;1H. The fraction of sp³-hybridized carbons (Fsp3) is 0.500. The molecule has 0 unspecified atom stereocenters. The zero-order chi connectivity index (χ0) is 16.5. The van der Waals surface area contributed by atoms with Gasteiger partial charge in [-0.15, -0.1) is 22.6 Å². The van der Waals surface area contributed by atoms with Crippen molar-refractivity contribution < 1.29 is 0 Å². The Kier molecular flexibility index (Phi) is 5.39. The van der Waals surface area contributed by atoms with Crippen LogP contribution in [0, 0.1) is 0 Å². The zero-order valence-electron chi connectivity index (χ0n) is 14.5. The number of hydrogen-bond donors (Lipinski definition) is 0. The van der Waals surface area contributed by atoms with E-state index in [-0.39, 0.29) is 18.0 Å². The lowest BCUT2D eigenvalue weighted by molar-refractivity contribution is 0.215. The van der Waals surface area contributed by atoms with Crippen LogP contribution in [-0.4, -0.2) is 37.2 Å². The minimum absolute atomic E-state index is 0. The van der Waals surface area contributed by atoms with Crippen LogP contribution in [0.15, 0.2) is 29.1 Å². The molecule has 25 heavy (non-hydrogen) atoms. The van der Waals surface area contributed by atoms with Gasteiger partial charge in [-0.05, 0) is 44.5 Å². The molecular formula is C18H24ClN5O. The van der Waals surface area contributed by atoms with Gasteiger partial charge in [-0.3, -0.25) is 18.7 Å². The number of aromatic nitrogens is 4. The molecule has 0 saturated carbocycles. The Bertz CT molecular complexity index is 926. The summed E-state index contributed by atoms with van der Waals surface area (Å²) in [6, 6.07) is 7.77. The summed E-state index contributed by atoms with van der Waals surface area (Å²) in [5.41, 5.74) is 0.929. The minimum Gasteiger partial charge on any atom is -0.296 e. The van der Waals surface area contributed by atoms with Crippen molar-refractivity contribution in [3.05, 3.63) is 40.4 Å². The second kappa shape index (κ2) is 7.54. The van der Waals surface area contributed by atoms with E-state index in [1.54, 1.807) is 4.57 Å². The smallest absolute Gasteiger partial charge is 0.262 e. The van der Waals surface area contributed by atoms with E-state index in [0.717, 1.165) is 42.8 Å². The van der Waals surface area contributed by atoms with Crippen molar-refractivity contribution in [2.45, 2.75) is 45.7 Å². The van der Waals surface area contributed by atoms with Crippen LogP contribution in [0.1, 0.15) is 38.4 Å². The molecule has 0 amide bonds. The normalized spacial score (nSPS) is 15.6. The highest BCUT2D eigenvalue weighted by Crippen LogP contribution is 2.17. The van der Waals surface area contributed by atoms with E-state index < -0.39 is 0 Å². The highest BCUT2D eigenvalue weighted by molar-refractivity contribution is 5.85. The van der Waals surface area contributed by atoms with Crippen LogP contribution in [0.5, 0.6) is 0 Å². The van der Waals surface area contributed by atoms with Crippen LogP contribution in [-0.2, 0) is 13.1 Å². The van der Waals surface area contributed by atoms with Gasteiger partial charge < -0.3 is 0 Å². The number of rotatable bonds is 4. The maximum absolute atomic E-state index is 12.8. The van der Waals surface area contributed by atoms with E-state index in [4.69, 9.17) is 0 Å². The van der Waals surface area contributed by atoms with Gasteiger partial charge in [0.25, 0.3) is 5.56 Å². The van der Waals surface area contributed by atoms with E-state index >= 15 is 0 Å². The molecule has 0 radical (unpaired) electrons. The number of hydrogen-bond acceptors (Lipinski definition) is 4. The van der Waals surface area contributed by atoms with E-state index in [1.165, 1.54) is 19.3 Å². The average molecular weight is 362 g/mol. The molecule has 1 fully saturated rings. The predicted octanol–water partition coefficient (Wildman–Crippen LogP) is 2.86. The van der Waals surface area contributed by atoms with Gasteiger partial charge in [0.2, 0.25) is 5.78 Å². The Labute approximate surface area is 152 Å². The van der Waals surface area contributed by atoms with Crippen LogP contribution in [0.2, 0.25) is 0 Å². The third kappa shape index (κ3) is 3.16. The number of aryl methyl sites for hydroxylation is 1. The van der Waals surface area contributed by atoms with Crippen LogP contribution in [0.3, 0.4) is 0 Å². The first kappa shape index (κ1) is 17.9. The van der Waals surface area contributed by atoms with Crippen molar-refractivity contribution in [1.82, 2.24) is 24.1 Å². The average Bonchev–Trinajstić information content (AvgIpc) is 3.03. The second-order valence-corrected chi connectivity index (χ2v) is 6.56. The lowest BCUT2D eigenvalue weighted by Gasteiger charge is -2.25. The van der Waals surface area contributed by atoms with Crippen molar-refractivity contribution in [3.63, 3.8) is 0 Å². The molecule has 0 atom stereocenters. The van der Waals surface area contributed by atoms with Crippen LogP contribution in [0.25, 0.3) is 16.7 Å². The maximum Gasteiger partial charge on any atom is 0.262 e. The Morgan fingerprint density at radius 3 is 2.60 bits per heavy atom. The topological polar surface area (TPSA) is 55.4 Å². The number of fused-ring (bicyclic) bond motifs is 3. The third-order valence-electron chi connectivity index (χ3n) is 4.84. The SMILES string of the molecule is CCCn1c(=O)c2ccccc2n2c(CN3CCCCC3)nnc12.Cl. The summed E-state index contributed by atoms with van der Waals surface area (Å²) in [5.74, 6) is 1.58. The summed E-state index contributed by atoms with van der Waals surface area (Å²) in [6.45, 7) is 5.75. The Morgan fingerprint density at radius 2 is 1.84 bits per heavy atom. The number of para-hydroxylation sites is 1. The summed E-state index contributed by atoms with van der Waals surface area (Å²) in [7, 11) is 0. The molecule has 134 valence electrons. The first-order valence-electron chi connectivity index (χ1n) is 8.87. The van der Waals surface area contributed by atoms with E-state index in [9.17, 15) is 4.79 Å². The van der Waals surface area contributed by atoms with E-state index in [1.807, 2.05) is 24.3 Å². The molecular weight excluding hydrogens is 338 g/mol.